The van der Waals surface area contributed by atoms with E-state index in [2.05, 4.69) is 10.1 Å². The Hall–Kier alpha value is -3.66. The van der Waals surface area contributed by atoms with Gasteiger partial charge in [0.05, 0.1) is 41.7 Å². The van der Waals surface area contributed by atoms with E-state index in [0.717, 1.165) is 5.52 Å². The number of aromatic amines is 1. The Labute approximate surface area is 147 Å². The first-order chi connectivity index (χ1) is 12.5. The Morgan fingerprint density at radius 1 is 1.31 bits per heavy atom. The number of H-pyrrole nitrogens is 1. The van der Waals surface area contributed by atoms with Crippen LogP contribution in [0.25, 0.3) is 33.1 Å². The molecule has 0 atom stereocenters. The van der Waals surface area contributed by atoms with Crippen molar-refractivity contribution in [3.8, 4) is 23.1 Å². The molecule has 0 fully saturated rings. The number of nitrogens with one attached hydrogen (secondary N) is 1. The number of halogens is 1. The van der Waals surface area contributed by atoms with Crippen LogP contribution in [0.3, 0.4) is 0 Å². The molecular formula is C19H13FN4O2. The van der Waals surface area contributed by atoms with Gasteiger partial charge in [-0.3, -0.25) is 19.6 Å². The number of nitrogens with zero attached hydrogens (tertiary/aromatic N) is 3. The lowest BCUT2D eigenvalue weighted by Gasteiger charge is -2.05. The number of aryl methyl sites for hydroxylation is 1. The molecule has 26 heavy (non-hydrogen) atoms. The summed E-state index contributed by atoms with van der Waals surface area (Å²) in [5, 5.41) is 13.3. The zero-order valence-corrected chi connectivity index (χ0v) is 14.0. The quantitative estimate of drug-likeness (QED) is 0.603. The van der Waals surface area contributed by atoms with Crippen molar-refractivity contribution < 1.29 is 9.13 Å². The van der Waals surface area contributed by atoms with E-state index >= 15 is 0 Å². The molecule has 0 radical (unpaired) electrons. The lowest BCUT2D eigenvalue weighted by Crippen LogP contribution is -2.03. The van der Waals surface area contributed by atoms with Crippen molar-refractivity contribution in [1.29, 1.82) is 5.26 Å². The summed E-state index contributed by atoms with van der Waals surface area (Å²) in [5.41, 5.74) is 2.09. The van der Waals surface area contributed by atoms with Gasteiger partial charge < -0.3 is 4.74 Å². The Balaban J connectivity index is 2.12. The lowest BCUT2D eigenvalue weighted by molar-refractivity contribution is 0.411. The standard InChI is InChI=1S/C19H13FN4O2/c1-24-15-9-22-14-7-17(26-2)16(25)6-12(14)18(15)19(23-24)11-4-3-10(8-21)5-13(11)20/h3-7,9,23H,1-2H3. The first kappa shape index (κ1) is 15.8. The molecule has 0 aliphatic heterocycles. The third-order valence-corrected chi connectivity index (χ3v) is 4.39. The van der Waals surface area contributed by atoms with Crippen LogP contribution in [0.15, 0.2) is 41.3 Å². The van der Waals surface area contributed by atoms with Crippen LogP contribution in [-0.2, 0) is 7.05 Å². The van der Waals surface area contributed by atoms with Crippen LogP contribution >= 0.6 is 0 Å². The van der Waals surface area contributed by atoms with Gasteiger partial charge in [-0.25, -0.2) is 4.39 Å². The minimum absolute atomic E-state index is 0.204. The van der Waals surface area contributed by atoms with Crippen LogP contribution in [0.1, 0.15) is 5.56 Å². The monoisotopic (exact) mass is 348 g/mol. The van der Waals surface area contributed by atoms with Gasteiger partial charge >= 0.3 is 0 Å². The summed E-state index contributed by atoms with van der Waals surface area (Å²) in [6.07, 6.45) is 1.66. The third-order valence-electron chi connectivity index (χ3n) is 4.39. The fourth-order valence-electron chi connectivity index (χ4n) is 3.13. The molecule has 1 N–H and O–H groups in total. The highest BCUT2D eigenvalue weighted by Crippen LogP contribution is 2.34. The van der Waals surface area contributed by atoms with E-state index < -0.39 is 5.82 Å². The van der Waals surface area contributed by atoms with Gasteiger partial charge in [-0.15, -0.1) is 0 Å². The average molecular weight is 348 g/mol. The largest absolute Gasteiger partial charge is 0.493 e. The molecule has 0 aliphatic rings. The molecule has 0 aliphatic carbocycles. The van der Waals surface area contributed by atoms with Crippen LogP contribution in [0.4, 0.5) is 4.39 Å². The Morgan fingerprint density at radius 3 is 2.81 bits per heavy atom. The van der Waals surface area contributed by atoms with Crippen LogP contribution in [0, 0.1) is 17.1 Å². The van der Waals surface area contributed by atoms with E-state index in [4.69, 9.17) is 10.00 Å². The van der Waals surface area contributed by atoms with Crippen molar-refractivity contribution in [1.82, 2.24) is 14.8 Å². The molecule has 6 nitrogen and oxygen atoms in total. The Morgan fingerprint density at radius 2 is 2.12 bits per heavy atom. The van der Waals surface area contributed by atoms with Gasteiger partial charge in [0, 0.05) is 29.4 Å². The Bertz CT molecular complexity index is 1280. The maximum absolute atomic E-state index is 14.6. The number of benzene rings is 2. The molecule has 4 aromatic rings. The normalized spacial score (nSPS) is 11.0. The molecule has 2 heterocycles. The van der Waals surface area contributed by atoms with Gasteiger partial charge in [-0.05, 0) is 24.3 Å². The summed E-state index contributed by atoms with van der Waals surface area (Å²) < 4.78 is 21.4. The molecule has 2 aromatic carbocycles. The number of pyridine rings is 1. The second kappa shape index (κ2) is 5.70. The number of hydrogen-bond acceptors (Lipinski definition) is 4. The van der Waals surface area contributed by atoms with E-state index in [9.17, 15) is 9.18 Å². The molecule has 0 unspecified atom stereocenters. The molecular weight excluding hydrogens is 335 g/mol. The third kappa shape index (κ3) is 2.24. The SMILES string of the molecule is COc1cc2ncc3c(c(-c4ccc(C#N)cc4F)[nH]n3C)c2cc1=O. The summed E-state index contributed by atoms with van der Waals surface area (Å²) >= 11 is 0. The number of aromatic nitrogens is 3. The second-order valence-electron chi connectivity index (χ2n) is 5.89. The molecule has 0 saturated heterocycles. The van der Waals surface area contributed by atoms with E-state index in [1.54, 1.807) is 36.1 Å². The first-order valence-electron chi connectivity index (χ1n) is 7.79. The maximum atomic E-state index is 14.6. The summed E-state index contributed by atoms with van der Waals surface area (Å²) in [6.45, 7) is 0. The van der Waals surface area contributed by atoms with Crippen LogP contribution in [-0.4, -0.2) is 21.9 Å². The van der Waals surface area contributed by atoms with E-state index in [1.165, 1.54) is 19.2 Å². The molecule has 4 rings (SSSR count). The van der Waals surface area contributed by atoms with Crippen LogP contribution < -0.4 is 10.2 Å². The van der Waals surface area contributed by atoms with Gasteiger partial charge in [-0.1, -0.05) is 0 Å². The number of methoxy groups -OCH3 is 1. The van der Waals surface area contributed by atoms with Gasteiger partial charge in [0.15, 0.2) is 5.75 Å². The number of hydrogen-bond donors (Lipinski definition) is 1. The van der Waals surface area contributed by atoms with Crippen molar-refractivity contribution in [2.24, 2.45) is 7.05 Å². The summed E-state index contributed by atoms with van der Waals surface area (Å²) in [4.78, 5) is 16.6. The predicted molar refractivity (Wildman–Crippen MR) is 95.5 cm³/mol. The van der Waals surface area contributed by atoms with Crippen molar-refractivity contribution in [2.45, 2.75) is 0 Å². The summed E-state index contributed by atoms with van der Waals surface area (Å²) in [5.74, 6) is -0.316. The van der Waals surface area contributed by atoms with Crippen molar-refractivity contribution in [2.75, 3.05) is 7.11 Å². The fraction of sp³-hybridized carbons (Fsp3) is 0.105. The van der Waals surface area contributed by atoms with Gasteiger partial charge in [0.2, 0.25) is 5.43 Å². The smallest absolute Gasteiger partial charge is 0.221 e. The molecule has 7 heteroatoms. The zero-order valence-electron chi connectivity index (χ0n) is 14.0. The zero-order chi connectivity index (χ0) is 18.4. The maximum Gasteiger partial charge on any atom is 0.221 e. The second-order valence-corrected chi connectivity index (χ2v) is 5.89. The van der Waals surface area contributed by atoms with Gasteiger partial charge in [-0.2, -0.15) is 5.26 Å². The molecule has 0 saturated carbocycles. The van der Waals surface area contributed by atoms with Gasteiger partial charge in [0.25, 0.3) is 0 Å². The van der Waals surface area contributed by atoms with Gasteiger partial charge in [0.1, 0.15) is 5.82 Å². The van der Waals surface area contributed by atoms with Crippen molar-refractivity contribution >= 4 is 21.8 Å². The summed E-state index contributed by atoms with van der Waals surface area (Å²) in [6, 6.07) is 9.23. The molecule has 0 bridgehead atoms. The van der Waals surface area contributed by atoms with Crippen LogP contribution in [0.2, 0.25) is 0 Å². The highest BCUT2D eigenvalue weighted by Gasteiger charge is 2.17. The minimum atomic E-state index is -0.520. The van der Waals surface area contributed by atoms with E-state index in [1.807, 2.05) is 6.07 Å². The highest BCUT2D eigenvalue weighted by molar-refractivity contribution is 6.11. The van der Waals surface area contributed by atoms with E-state index in [0.29, 0.717) is 27.5 Å². The number of nitriles is 1. The average Bonchev–Trinajstić information content (AvgIpc) is 2.98. The number of fused-ring (bicyclic) bond motifs is 3. The van der Waals surface area contributed by atoms with Crippen LogP contribution in [0.5, 0.6) is 5.75 Å². The minimum Gasteiger partial charge on any atom is -0.493 e. The highest BCUT2D eigenvalue weighted by atomic mass is 19.1. The number of ether oxygens (including phenoxy) is 1. The molecule has 2 aromatic heterocycles. The molecule has 128 valence electrons. The lowest BCUT2D eigenvalue weighted by atomic mass is 10.0. The first-order valence-corrected chi connectivity index (χ1v) is 7.79. The molecule has 0 spiro atoms. The van der Waals surface area contributed by atoms with Crippen molar-refractivity contribution in [3.05, 3.63) is 58.1 Å². The fourth-order valence-corrected chi connectivity index (χ4v) is 3.13. The van der Waals surface area contributed by atoms with Crippen molar-refractivity contribution in [3.63, 3.8) is 0 Å². The summed E-state index contributed by atoms with van der Waals surface area (Å²) in [7, 11) is 3.21. The topological polar surface area (TPSA) is 83.7 Å². The Kier molecular flexibility index (Phi) is 3.48. The number of rotatable bonds is 2. The van der Waals surface area contributed by atoms with E-state index in [-0.39, 0.29) is 16.7 Å². The molecule has 0 amide bonds. The predicted octanol–water partition coefficient (Wildman–Crippen LogP) is 3.10.